The van der Waals surface area contributed by atoms with Gasteiger partial charge in [0.05, 0.1) is 13.7 Å². The van der Waals surface area contributed by atoms with Gasteiger partial charge in [0.2, 0.25) is 5.90 Å². The fourth-order valence-corrected chi connectivity index (χ4v) is 4.93. The summed E-state index contributed by atoms with van der Waals surface area (Å²) in [6.07, 6.45) is 0.0440. The van der Waals surface area contributed by atoms with E-state index >= 15 is 0 Å². The number of aliphatic imine (C=N–C) groups is 1. The second kappa shape index (κ2) is 13.3. The van der Waals surface area contributed by atoms with Crippen LogP contribution in [-0.2, 0) is 22.5 Å². The van der Waals surface area contributed by atoms with E-state index in [9.17, 15) is 9.18 Å². The molecule has 8 heteroatoms. The normalized spacial score (nSPS) is 17.7. The molecule has 4 aromatic carbocycles. The Balaban J connectivity index is 1.55. The summed E-state index contributed by atoms with van der Waals surface area (Å²) in [4.78, 5) is 19.3. The predicted octanol–water partition coefficient (Wildman–Crippen LogP) is 5.41. The molecular formula is C34H33FN2O5. The molecule has 216 valence electrons. The number of nitrogens with one attached hydrogen (secondary N) is 1. The van der Waals surface area contributed by atoms with Gasteiger partial charge in [0.25, 0.3) is 5.91 Å². The third-order valence-corrected chi connectivity index (χ3v) is 7.11. The van der Waals surface area contributed by atoms with Crippen molar-refractivity contribution < 1.29 is 28.5 Å². The molecule has 0 unspecified atom stereocenters. The largest absolute Gasteiger partial charge is 0.497 e. The van der Waals surface area contributed by atoms with Crippen LogP contribution in [-0.4, -0.2) is 42.8 Å². The number of hydrogen-bond acceptors (Lipinski definition) is 6. The van der Waals surface area contributed by atoms with Crippen molar-refractivity contribution in [2.45, 2.75) is 31.0 Å². The number of halogens is 1. The molecular weight excluding hydrogens is 535 g/mol. The molecule has 7 nitrogen and oxygen atoms in total. The highest BCUT2D eigenvalue weighted by atomic mass is 19.1. The first kappa shape index (κ1) is 28.8. The zero-order valence-electron chi connectivity index (χ0n) is 23.3. The first-order valence-electron chi connectivity index (χ1n) is 13.8. The Hall–Kier alpha value is -4.69. The Morgan fingerprint density at radius 1 is 0.952 bits per heavy atom. The summed E-state index contributed by atoms with van der Waals surface area (Å²) in [7, 11) is 1.59. The van der Waals surface area contributed by atoms with Gasteiger partial charge in [-0.25, -0.2) is 9.38 Å². The van der Waals surface area contributed by atoms with Crippen LogP contribution in [0.15, 0.2) is 108 Å². The summed E-state index contributed by atoms with van der Waals surface area (Å²) in [5, 5.41) is 12.1. The number of aliphatic hydroxyl groups excluding tert-OH is 1. The second-order valence-electron chi connectivity index (χ2n) is 10.0. The van der Waals surface area contributed by atoms with E-state index in [-0.39, 0.29) is 31.3 Å². The second-order valence-corrected chi connectivity index (χ2v) is 10.0. The standard InChI is InChI=1S/C34H33FN2O5/c1-40-30-10-5-9-27(21-30)31-34(22-24-7-3-2-4-8-24,33(39)36-23-25-11-15-28(35)16-12-25)37-32(42-31)26-13-17-29(18-14-26)41-20-6-19-38/h2-5,7-18,21,31,38H,6,19-20,22-23H2,1H3,(H,36,39)/t31-,34-/m1/s1. The first-order chi connectivity index (χ1) is 20.5. The van der Waals surface area contributed by atoms with Gasteiger partial charge in [0, 0.05) is 31.6 Å². The predicted molar refractivity (Wildman–Crippen MR) is 158 cm³/mol. The molecule has 0 saturated carbocycles. The maximum Gasteiger partial charge on any atom is 0.252 e. The van der Waals surface area contributed by atoms with Crippen LogP contribution in [0.5, 0.6) is 11.5 Å². The van der Waals surface area contributed by atoms with Gasteiger partial charge in [-0.3, -0.25) is 4.79 Å². The molecule has 0 bridgehead atoms. The molecule has 2 N–H and O–H groups in total. The SMILES string of the molecule is COc1cccc([C@H]2OC(c3ccc(OCCCO)cc3)=N[C@@]2(Cc2ccccc2)C(=O)NCc2ccc(F)cc2)c1. The molecule has 0 radical (unpaired) electrons. The molecule has 42 heavy (non-hydrogen) atoms. The fraction of sp³-hybridized carbons (Fsp3) is 0.235. The lowest BCUT2D eigenvalue weighted by atomic mass is 9.82. The summed E-state index contributed by atoms with van der Waals surface area (Å²) in [5.74, 6) is 0.962. The minimum absolute atomic E-state index is 0.0567. The lowest BCUT2D eigenvalue weighted by Crippen LogP contribution is -2.49. The number of aliphatic hydroxyl groups is 1. The molecule has 0 aromatic heterocycles. The highest BCUT2D eigenvalue weighted by Crippen LogP contribution is 2.43. The number of carbonyl (C=O) groups is 1. The summed E-state index contributed by atoms with van der Waals surface area (Å²) in [6.45, 7) is 0.659. The van der Waals surface area contributed by atoms with E-state index in [2.05, 4.69) is 5.32 Å². The zero-order chi connectivity index (χ0) is 29.4. The number of benzene rings is 4. The summed E-state index contributed by atoms with van der Waals surface area (Å²) in [5.41, 5.74) is 1.75. The molecule has 0 saturated heterocycles. The third-order valence-electron chi connectivity index (χ3n) is 7.11. The van der Waals surface area contributed by atoms with Crippen LogP contribution in [0.1, 0.15) is 34.8 Å². The average Bonchev–Trinajstić information content (AvgIpc) is 3.42. The van der Waals surface area contributed by atoms with Crippen molar-refractivity contribution in [3.8, 4) is 11.5 Å². The van der Waals surface area contributed by atoms with E-state index < -0.39 is 11.6 Å². The van der Waals surface area contributed by atoms with Crippen molar-refractivity contribution in [3.63, 3.8) is 0 Å². The van der Waals surface area contributed by atoms with Gasteiger partial charge in [-0.2, -0.15) is 0 Å². The lowest BCUT2D eigenvalue weighted by Gasteiger charge is -2.31. The molecule has 2 atom stereocenters. The van der Waals surface area contributed by atoms with Gasteiger partial charge >= 0.3 is 0 Å². The van der Waals surface area contributed by atoms with Crippen LogP contribution in [0.3, 0.4) is 0 Å². The van der Waals surface area contributed by atoms with Crippen molar-refractivity contribution in [2.24, 2.45) is 4.99 Å². The van der Waals surface area contributed by atoms with Gasteiger partial charge in [-0.1, -0.05) is 54.6 Å². The number of ether oxygens (including phenoxy) is 3. The van der Waals surface area contributed by atoms with Gasteiger partial charge in [-0.05, 0) is 65.2 Å². The van der Waals surface area contributed by atoms with Gasteiger partial charge < -0.3 is 24.6 Å². The lowest BCUT2D eigenvalue weighted by molar-refractivity contribution is -0.129. The molecule has 1 amide bonds. The Kier molecular flexibility index (Phi) is 9.14. The van der Waals surface area contributed by atoms with Crippen LogP contribution in [0.2, 0.25) is 0 Å². The van der Waals surface area contributed by atoms with E-state index in [4.69, 9.17) is 24.3 Å². The van der Waals surface area contributed by atoms with Crippen molar-refractivity contribution in [3.05, 3.63) is 131 Å². The number of hydrogen-bond donors (Lipinski definition) is 2. The minimum atomic E-state index is -1.36. The van der Waals surface area contributed by atoms with Crippen molar-refractivity contribution in [2.75, 3.05) is 20.3 Å². The van der Waals surface area contributed by atoms with Crippen LogP contribution in [0, 0.1) is 5.82 Å². The van der Waals surface area contributed by atoms with Crippen LogP contribution >= 0.6 is 0 Å². The highest BCUT2D eigenvalue weighted by molar-refractivity contribution is 6.01. The Morgan fingerprint density at radius 2 is 1.71 bits per heavy atom. The molecule has 1 aliphatic heterocycles. The number of nitrogens with zero attached hydrogens (tertiary/aromatic N) is 1. The van der Waals surface area contributed by atoms with Crippen molar-refractivity contribution in [1.29, 1.82) is 0 Å². The molecule has 1 heterocycles. The van der Waals surface area contributed by atoms with Gasteiger partial charge in [0.1, 0.15) is 17.3 Å². The maximum absolute atomic E-state index is 14.3. The smallest absolute Gasteiger partial charge is 0.252 e. The van der Waals surface area contributed by atoms with Crippen LogP contribution in [0.25, 0.3) is 0 Å². The van der Waals surface area contributed by atoms with E-state index in [1.807, 2.05) is 78.9 Å². The summed E-state index contributed by atoms with van der Waals surface area (Å²) >= 11 is 0. The number of amides is 1. The maximum atomic E-state index is 14.3. The van der Waals surface area contributed by atoms with Crippen LogP contribution < -0.4 is 14.8 Å². The molecule has 1 aliphatic rings. The third kappa shape index (κ3) is 6.61. The number of carbonyl (C=O) groups excluding carboxylic acids is 1. The first-order valence-corrected chi connectivity index (χ1v) is 13.8. The molecule has 0 spiro atoms. The van der Waals surface area contributed by atoms with E-state index in [1.165, 1.54) is 12.1 Å². The minimum Gasteiger partial charge on any atom is -0.497 e. The molecule has 0 aliphatic carbocycles. The summed E-state index contributed by atoms with van der Waals surface area (Å²) < 4.78 is 31.2. The Morgan fingerprint density at radius 3 is 2.43 bits per heavy atom. The van der Waals surface area contributed by atoms with Crippen molar-refractivity contribution in [1.82, 2.24) is 5.32 Å². The van der Waals surface area contributed by atoms with E-state index in [0.29, 0.717) is 36.0 Å². The van der Waals surface area contributed by atoms with Gasteiger partial charge in [0.15, 0.2) is 11.6 Å². The number of rotatable bonds is 12. The van der Waals surface area contributed by atoms with Crippen molar-refractivity contribution >= 4 is 11.8 Å². The molecule has 0 fully saturated rings. The molecule has 4 aromatic rings. The fourth-order valence-electron chi connectivity index (χ4n) is 4.93. The highest BCUT2D eigenvalue weighted by Gasteiger charge is 2.53. The molecule has 5 rings (SSSR count). The van der Waals surface area contributed by atoms with E-state index in [0.717, 1.165) is 16.7 Å². The summed E-state index contributed by atoms with van der Waals surface area (Å²) in [6, 6.07) is 30.5. The monoisotopic (exact) mass is 568 g/mol. The van der Waals surface area contributed by atoms with Gasteiger partial charge in [-0.15, -0.1) is 0 Å². The zero-order valence-corrected chi connectivity index (χ0v) is 23.3. The average molecular weight is 569 g/mol. The van der Waals surface area contributed by atoms with E-state index in [1.54, 1.807) is 19.2 Å². The quantitative estimate of drug-likeness (QED) is 0.223. The Labute approximate surface area is 244 Å². The number of methoxy groups -OCH3 is 1. The van der Waals surface area contributed by atoms with Crippen LogP contribution in [0.4, 0.5) is 4.39 Å². The Bertz CT molecular complexity index is 1510. The topological polar surface area (TPSA) is 89.4 Å².